The van der Waals surface area contributed by atoms with Crippen LogP contribution in [0.3, 0.4) is 0 Å². The third-order valence-corrected chi connectivity index (χ3v) is 12.2. The molecule has 0 amide bonds. The molecule has 0 aromatic carbocycles. The van der Waals surface area contributed by atoms with Crippen LogP contribution in [0.1, 0.15) is 94.9 Å². The molecule has 0 radical (unpaired) electrons. The summed E-state index contributed by atoms with van der Waals surface area (Å²) in [7, 11) is 3.77. The summed E-state index contributed by atoms with van der Waals surface area (Å²) in [6, 6.07) is -0.860. The Labute approximate surface area is 303 Å². The molecule has 0 aliphatic carbocycles. The molecule has 5 N–H and O–H groups in total. The van der Waals surface area contributed by atoms with Crippen molar-refractivity contribution in [2.24, 2.45) is 35.3 Å². The predicted octanol–water partition coefficient (Wildman–Crippen LogP) is 2.96. The second-order valence-electron chi connectivity index (χ2n) is 16.7. The van der Waals surface area contributed by atoms with E-state index in [1.165, 1.54) is 0 Å². The average Bonchev–Trinajstić information content (AvgIpc) is 3.36. The van der Waals surface area contributed by atoms with Crippen molar-refractivity contribution in [3.63, 3.8) is 0 Å². The molecular weight excluding hydrogens is 664 g/mol. The fourth-order valence-electron chi connectivity index (χ4n) is 9.02. The number of fused-ring (bicyclic) bond motifs is 1. The van der Waals surface area contributed by atoms with Gasteiger partial charge in [0, 0.05) is 30.3 Å². The zero-order valence-electron chi connectivity index (χ0n) is 32.7. The SMILES string of the molecule is CC[C@H]1OC(=O)[C@H](C)[C@@H](O[C@H]2C[C@H](C)[C@@H](O)[C@H](C)O2)[C@H](C)[C@@H](O[C@@H]2O[C@H](C)C[C@H](N(C)C)[C@H]2O)[C@@](C)(O)C[C@@H](C)[C@H](N)[C@H](C)[C@H]2OC(=O)O[C@@]21C. The molecule has 4 aliphatic rings. The molecule has 4 fully saturated rings. The number of ether oxygens (including phenoxy) is 7. The highest BCUT2D eigenvalue weighted by Crippen LogP contribution is 2.43. The maximum Gasteiger partial charge on any atom is 0.509 e. The molecule has 4 heterocycles. The van der Waals surface area contributed by atoms with Gasteiger partial charge in [0.05, 0.1) is 42.0 Å². The highest BCUT2D eigenvalue weighted by Gasteiger charge is 2.59. The Balaban J connectivity index is 1.81. The summed E-state index contributed by atoms with van der Waals surface area (Å²) in [5, 5.41) is 34.6. The lowest BCUT2D eigenvalue weighted by molar-refractivity contribution is -0.309. The molecule has 0 spiro atoms. The lowest BCUT2D eigenvalue weighted by Crippen LogP contribution is -2.61. The summed E-state index contributed by atoms with van der Waals surface area (Å²) in [5.41, 5.74) is 3.96. The van der Waals surface area contributed by atoms with E-state index >= 15 is 0 Å². The van der Waals surface area contributed by atoms with Crippen molar-refractivity contribution in [1.82, 2.24) is 4.90 Å². The molecule has 0 aromatic heterocycles. The van der Waals surface area contributed by atoms with Crippen molar-refractivity contribution < 1.29 is 58.1 Å². The van der Waals surface area contributed by atoms with Gasteiger partial charge in [-0.2, -0.15) is 0 Å². The number of aliphatic hydroxyl groups excluding tert-OH is 2. The third-order valence-electron chi connectivity index (χ3n) is 12.2. The number of aliphatic hydroxyl groups is 3. The van der Waals surface area contributed by atoms with Gasteiger partial charge in [-0.1, -0.05) is 34.6 Å². The molecule has 4 saturated heterocycles. The van der Waals surface area contributed by atoms with E-state index in [1.807, 2.05) is 60.5 Å². The van der Waals surface area contributed by atoms with Gasteiger partial charge in [0.2, 0.25) is 0 Å². The average molecular weight is 731 g/mol. The molecule has 0 aromatic rings. The topological polar surface area (TPSA) is 189 Å². The van der Waals surface area contributed by atoms with Gasteiger partial charge in [-0.25, -0.2) is 4.79 Å². The Kier molecular flexibility index (Phi) is 13.5. The monoisotopic (exact) mass is 730 g/mol. The summed E-state index contributed by atoms with van der Waals surface area (Å²) in [6.07, 6.45) is -7.59. The zero-order valence-corrected chi connectivity index (χ0v) is 32.7. The van der Waals surface area contributed by atoms with Gasteiger partial charge in [-0.15, -0.1) is 0 Å². The van der Waals surface area contributed by atoms with Crippen LogP contribution >= 0.6 is 0 Å². The minimum atomic E-state index is -1.61. The van der Waals surface area contributed by atoms with Crippen LogP contribution in [0.25, 0.3) is 0 Å². The Morgan fingerprint density at radius 2 is 1.55 bits per heavy atom. The van der Waals surface area contributed by atoms with Crippen molar-refractivity contribution >= 4 is 12.1 Å². The first-order valence-corrected chi connectivity index (χ1v) is 18.8. The summed E-state index contributed by atoms with van der Waals surface area (Å²) in [6.45, 7) is 18.1. The van der Waals surface area contributed by atoms with E-state index in [2.05, 4.69) is 0 Å². The predicted molar refractivity (Wildman–Crippen MR) is 186 cm³/mol. The molecule has 0 saturated carbocycles. The minimum absolute atomic E-state index is 0.143. The fourth-order valence-corrected chi connectivity index (χ4v) is 9.02. The maximum absolute atomic E-state index is 14.3. The van der Waals surface area contributed by atoms with Crippen molar-refractivity contribution in [3.05, 3.63) is 0 Å². The Morgan fingerprint density at radius 3 is 2.14 bits per heavy atom. The first kappa shape index (κ1) is 42.1. The number of hydrogen-bond acceptors (Lipinski definition) is 14. The molecule has 0 unspecified atom stereocenters. The van der Waals surface area contributed by atoms with Gasteiger partial charge in [-0.3, -0.25) is 4.79 Å². The summed E-state index contributed by atoms with van der Waals surface area (Å²) < 4.78 is 43.4. The van der Waals surface area contributed by atoms with Crippen LogP contribution in [0, 0.1) is 29.6 Å². The number of hydrogen-bond donors (Lipinski definition) is 4. The Morgan fingerprint density at radius 1 is 0.902 bits per heavy atom. The number of carbonyl (C=O) groups excluding carboxylic acids is 2. The Hall–Kier alpha value is -1.62. The van der Waals surface area contributed by atoms with E-state index < -0.39 is 102 Å². The standard InChI is InChI=1S/C37H66N2O12/c1-13-25-37(10)32(50-35(43)51-37)20(5)27(38)18(3)16-36(9,44)31(49-34-29(41)24(39(11)12)15-19(4)45-34)21(6)30(22(7)33(42)47-25)48-26-14-17(2)28(40)23(8)46-26/h17-32,34,40-41,44H,13-16,38H2,1-12H3/t17-,18+,19+,20-,21-,22+,23-,24-,25+,26-,27-,28+,29+,30-,31+,32+,34-,36-,37+/m0/s1. The molecule has 296 valence electrons. The van der Waals surface area contributed by atoms with Gasteiger partial charge in [0.1, 0.15) is 12.2 Å². The Bertz CT molecular complexity index is 1180. The first-order valence-electron chi connectivity index (χ1n) is 18.8. The largest absolute Gasteiger partial charge is 0.509 e. The highest BCUT2D eigenvalue weighted by atomic mass is 16.8. The number of cyclic esters (lactones) is 1. The van der Waals surface area contributed by atoms with Crippen LogP contribution in [0.15, 0.2) is 0 Å². The van der Waals surface area contributed by atoms with Crippen molar-refractivity contribution in [2.45, 2.75) is 180 Å². The lowest BCUT2D eigenvalue weighted by atomic mass is 9.72. The third kappa shape index (κ3) is 8.86. The van der Waals surface area contributed by atoms with Gasteiger partial charge in [-0.05, 0) is 79.8 Å². The normalized spacial score (nSPS) is 50.5. The minimum Gasteiger partial charge on any atom is -0.458 e. The van der Waals surface area contributed by atoms with E-state index in [9.17, 15) is 24.9 Å². The lowest BCUT2D eigenvalue weighted by Gasteiger charge is -2.48. The molecule has 4 aliphatic heterocycles. The van der Waals surface area contributed by atoms with Gasteiger partial charge < -0.3 is 59.1 Å². The van der Waals surface area contributed by atoms with Crippen molar-refractivity contribution in [3.8, 4) is 0 Å². The summed E-state index contributed by atoms with van der Waals surface area (Å²) in [5.74, 6) is -3.22. The number of likely N-dealkylation sites (N-methyl/N-ethyl adjacent to an activating group) is 1. The van der Waals surface area contributed by atoms with Crippen molar-refractivity contribution in [2.75, 3.05) is 14.1 Å². The molecule has 19 atom stereocenters. The molecule has 51 heavy (non-hydrogen) atoms. The van der Waals surface area contributed by atoms with Gasteiger partial charge >= 0.3 is 12.1 Å². The number of nitrogens with two attached hydrogens (primary N) is 1. The number of esters is 1. The molecular formula is C37H66N2O12. The number of nitrogens with zero attached hydrogens (tertiary/aromatic N) is 1. The summed E-state index contributed by atoms with van der Waals surface area (Å²) in [4.78, 5) is 28.8. The van der Waals surface area contributed by atoms with Gasteiger partial charge in [0.25, 0.3) is 0 Å². The summed E-state index contributed by atoms with van der Waals surface area (Å²) >= 11 is 0. The molecule has 14 nitrogen and oxygen atoms in total. The quantitative estimate of drug-likeness (QED) is 0.292. The highest BCUT2D eigenvalue weighted by molar-refractivity contribution is 5.73. The first-order chi connectivity index (χ1) is 23.6. The van der Waals surface area contributed by atoms with Crippen LogP contribution in [0.2, 0.25) is 0 Å². The van der Waals surface area contributed by atoms with Crippen LogP contribution in [0.4, 0.5) is 4.79 Å². The van der Waals surface area contributed by atoms with E-state index in [4.69, 9.17) is 38.9 Å². The molecule has 14 heteroatoms. The van der Waals surface area contributed by atoms with E-state index in [1.54, 1.807) is 27.7 Å². The second-order valence-corrected chi connectivity index (χ2v) is 16.7. The molecule has 0 bridgehead atoms. The van der Waals surface area contributed by atoms with Crippen LogP contribution in [-0.4, -0.2) is 131 Å². The smallest absolute Gasteiger partial charge is 0.458 e. The van der Waals surface area contributed by atoms with Crippen LogP contribution in [0.5, 0.6) is 0 Å². The maximum atomic E-state index is 14.3. The number of carbonyl (C=O) groups is 2. The van der Waals surface area contributed by atoms with E-state index in [-0.39, 0.29) is 30.4 Å². The van der Waals surface area contributed by atoms with E-state index in [0.29, 0.717) is 19.3 Å². The fraction of sp³-hybridized carbons (Fsp3) is 0.946. The zero-order chi connectivity index (χ0) is 38.3. The van der Waals surface area contributed by atoms with Crippen LogP contribution < -0.4 is 5.73 Å². The second kappa shape index (κ2) is 16.4. The van der Waals surface area contributed by atoms with Gasteiger partial charge in [0.15, 0.2) is 24.3 Å². The van der Waals surface area contributed by atoms with Crippen molar-refractivity contribution in [1.29, 1.82) is 0 Å². The number of rotatable bonds is 6. The molecule has 4 rings (SSSR count). The van der Waals surface area contributed by atoms with Crippen LogP contribution in [-0.2, 0) is 38.0 Å². The van der Waals surface area contributed by atoms with E-state index in [0.717, 1.165) is 0 Å².